The van der Waals surface area contributed by atoms with Crippen LogP contribution in [0.1, 0.15) is 19.8 Å². The van der Waals surface area contributed by atoms with Crippen molar-refractivity contribution < 1.29 is 9.59 Å². The van der Waals surface area contributed by atoms with E-state index in [9.17, 15) is 9.59 Å². The fraction of sp³-hybridized carbons (Fsp3) is 0.353. The minimum Gasteiger partial charge on any atom is -0.369 e. The minimum atomic E-state index is -0.344. The van der Waals surface area contributed by atoms with E-state index in [0.717, 1.165) is 18.5 Å². The number of carbonyl (C=O) groups is 2. The first-order chi connectivity index (χ1) is 11.5. The number of nitrogens with one attached hydrogen (secondary N) is 1. The Morgan fingerprint density at radius 3 is 2.62 bits per heavy atom. The number of piperidine rings is 1. The zero-order chi connectivity index (χ0) is 17.1. The number of benzene rings is 1. The number of anilines is 1. The van der Waals surface area contributed by atoms with E-state index in [1.807, 2.05) is 43.5 Å². The molecule has 1 aromatic carbocycles. The van der Waals surface area contributed by atoms with E-state index in [1.165, 1.54) is 0 Å². The first kappa shape index (κ1) is 16.0. The van der Waals surface area contributed by atoms with Gasteiger partial charge in [0, 0.05) is 30.7 Å². The Labute approximate surface area is 140 Å². The maximum absolute atomic E-state index is 12.5. The molecule has 3 N–H and O–H groups in total. The van der Waals surface area contributed by atoms with Gasteiger partial charge in [0.15, 0.2) is 0 Å². The molecular weight excluding hydrogens is 306 g/mol. The van der Waals surface area contributed by atoms with Crippen LogP contribution in [0.2, 0.25) is 0 Å². The zero-order valence-corrected chi connectivity index (χ0v) is 13.6. The second-order valence-corrected chi connectivity index (χ2v) is 6.11. The van der Waals surface area contributed by atoms with E-state index < -0.39 is 0 Å². The van der Waals surface area contributed by atoms with Crippen LogP contribution < -0.4 is 11.1 Å². The number of amides is 3. The number of carbonyl (C=O) groups excluding carboxylic acids is 2. The average Bonchev–Trinajstić information content (AvgIpc) is 3.10. The molecule has 24 heavy (non-hydrogen) atoms. The minimum absolute atomic E-state index is 0.0870. The number of urea groups is 1. The molecule has 0 saturated carbocycles. The summed E-state index contributed by atoms with van der Waals surface area (Å²) < 4.78 is 1.75. The summed E-state index contributed by atoms with van der Waals surface area (Å²) >= 11 is 0. The quantitative estimate of drug-likeness (QED) is 0.903. The maximum Gasteiger partial charge on any atom is 0.322 e. The Hall–Kier alpha value is -2.83. The molecule has 2 atom stereocenters. The van der Waals surface area contributed by atoms with Crippen LogP contribution in [0.15, 0.2) is 42.7 Å². The number of rotatable bonds is 3. The van der Waals surface area contributed by atoms with Gasteiger partial charge < -0.3 is 16.0 Å². The van der Waals surface area contributed by atoms with Crippen LogP contribution in [0.4, 0.5) is 10.5 Å². The van der Waals surface area contributed by atoms with Crippen molar-refractivity contribution in [3.8, 4) is 5.69 Å². The standard InChI is InChI=1S/C17H21N5O2/c1-12-3-4-13(16(18)23)11-21(12)17(24)20-14-5-7-15(8-6-14)22-10-2-9-19-22/h2,5-10,12-13H,3-4,11H2,1H3,(H2,18,23)(H,20,24). The van der Waals surface area contributed by atoms with Gasteiger partial charge in [0.25, 0.3) is 0 Å². The van der Waals surface area contributed by atoms with Crippen molar-refractivity contribution in [1.82, 2.24) is 14.7 Å². The lowest BCUT2D eigenvalue weighted by Crippen LogP contribution is -2.50. The first-order valence-corrected chi connectivity index (χ1v) is 8.01. The highest BCUT2D eigenvalue weighted by Gasteiger charge is 2.31. The van der Waals surface area contributed by atoms with Crippen molar-refractivity contribution in [1.29, 1.82) is 0 Å². The molecule has 1 saturated heterocycles. The molecule has 1 aliphatic rings. The molecule has 0 bridgehead atoms. The van der Waals surface area contributed by atoms with Gasteiger partial charge in [-0.05, 0) is 50.1 Å². The topological polar surface area (TPSA) is 93.3 Å². The predicted molar refractivity (Wildman–Crippen MR) is 90.7 cm³/mol. The second-order valence-electron chi connectivity index (χ2n) is 6.11. The Morgan fingerprint density at radius 1 is 1.25 bits per heavy atom. The monoisotopic (exact) mass is 327 g/mol. The van der Waals surface area contributed by atoms with Crippen LogP contribution in [0.25, 0.3) is 5.69 Å². The number of hydrogen-bond donors (Lipinski definition) is 2. The van der Waals surface area contributed by atoms with E-state index in [-0.39, 0.29) is 23.9 Å². The molecule has 2 heterocycles. The molecule has 1 aliphatic heterocycles. The fourth-order valence-electron chi connectivity index (χ4n) is 2.94. The van der Waals surface area contributed by atoms with Gasteiger partial charge in [-0.25, -0.2) is 9.48 Å². The van der Waals surface area contributed by atoms with Crippen LogP contribution in [-0.2, 0) is 4.79 Å². The van der Waals surface area contributed by atoms with E-state index in [2.05, 4.69) is 10.4 Å². The Kier molecular flexibility index (Phi) is 4.50. The normalized spacial score (nSPS) is 20.6. The molecule has 2 unspecified atom stereocenters. The Bertz CT molecular complexity index is 711. The summed E-state index contributed by atoms with van der Waals surface area (Å²) in [6.07, 6.45) is 5.08. The molecule has 0 spiro atoms. The molecule has 7 nitrogen and oxygen atoms in total. The molecule has 3 rings (SSSR count). The molecule has 3 amide bonds. The summed E-state index contributed by atoms with van der Waals surface area (Å²) in [7, 11) is 0. The highest BCUT2D eigenvalue weighted by atomic mass is 16.2. The van der Waals surface area contributed by atoms with Crippen LogP contribution in [0.3, 0.4) is 0 Å². The lowest BCUT2D eigenvalue weighted by Gasteiger charge is -2.36. The van der Waals surface area contributed by atoms with Crippen LogP contribution in [-0.4, -0.2) is 39.2 Å². The van der Waals surface area contributed by atoms with Gasteiger partial charge in [-0.3, -0.25) is 4.79 Å². The van der Waals surface area contributed by atoms with Gasteiger partial charge in [0.1, 0.15) is 0 Å². The summed E-state index contributed by atoms with van der Waals surface area (Å²) in [4.78, 5) is 25.6. The van der Waals surface area contributed by atoms with Gasteiger partial charge in [-0.2, -0.15) is 5.10 Å². The highest BCUT2D eigenvalue weighted by molar-refractivity contribution is 5.90. The summed E-state index contributed by atoms with van der Waals surface area (Å²) in [6.45, 7) is 2.35. The van der Waals surface area contributed by atoms with E-state index in [1.54, 1.807) is 15.8 Å². The van der Waals surface area contributed by atoms with Crippen LogP contribution in [0, 0.1) is 5.92 Å². The van der Waals surface area contributed by atoms with Crippen molar-refractivity contribution in [3.05, 3.63) is 42.7 Å². The third kappa shape index (κ3) is 3.40. The Morgan fingerprint density at radius 2 is 2.00 bits per heavy atom. The zero-order valence-electron chi connectivity index (χ0n) is 13.6. The van der Waals surface area contributed by atoms with Crippen molar-refractivity contribution in [2.24, 2.45) is 11.7 Å². The first-order valence-electron chi connectivity index (χ1n) is 8.01. The maximum atomic E-state index is 12.5. The van der Waals surface area contributed by atoms with Crippen molar-refractivity contribution in [2.45, 2.75) is 25.8 Å². The number of nitrogens with two attached hydrogens (primary N) is 1. The van der Waals surface area contributed by atoms with Gasteiger partial charge in [0.05, 0.1) is 11.6 Å². The summed E-state index contributed by atoms with van der Waals surface area (Å²) in [6, 6.07) is 9.15. The van der Waals surface area contributed by atoms with Gasteiger partial charge in [0.2, 0.25) is 5.91 Å². The SMILES string of the molecule is CC1CCC(C(N)=O)CN1C(=O)Nc1ccc(-n2cccn2)cc1. The molecule has 126 valence electrons. The van der Waals surface area contributed by atoms with E-state index in [4.69, 9.17) is 5.73 Å². The smallest absolute Gasteiger partial charge is 0.322 e. The van der Waals surface area contributed by atoms with Gasteiger partial charge in [-0.1, -0.05) is 0 Å². The molecule has 1 fully saturated rings. The molecule has 1 aromatic heterocycles. The van der Waals surface area contributed by atoms with E-state index in [0.29, 0.717) is 12.2 Å². The highest BCUT2D eigenvalue weighted by Crippen LogP contribution is 2.23. The molecule has 0 radical (unpaired) electrons. The van der Waals surface area contributed by atoms with E-state index >= 15 is 0 Å². The van der Waals surface area contributed by atoms with Crippen molar-refractivity contribution in [2.75, 3.05) is 11.9 Å². The number of nitrogens with zero attached hydrogens (tertiary/aromatic N) is 3. The summed E-state index contributed by atoms with van der Waals surface area (Å²) in [5, 5.41) is 7.04. The molecule has 2 aromatic rings. The summed E-state index contributed by atoms with van der Waals surface area (Å²) in [5.41, 5.74) is 7.00. The number of primary amides is 1. The molecule has 0 aliphatic carbocycles. The average molecular weight is 327 g/mol. The predicted octanol–water partition coefficient (Wildman–Crippen LogP) is 1.99. The number of hydrogen-bond acceptors (Lipinski definition) is 3. The third-order valence-corrected chi connectivity index (χ3v) is 4.43. The number of likely N-dealkylation sites (tertiary alicyclic amines) is 1. The lowest BCUT2D eigenvalue weighted by atomic mass is 9.93. The third-order valence-electron chi connectivity index (χ3n) is 4.43. The fourth-order valence-corrected chi connectivity index (χ4v) is 2.94. The lowest BCUT2D eigenvalue weighted by molar-refractivity contribution is -0.123. The molecular formula is C17H21N5O2. The van der Waals surface area contributed by atoms with Gasteiger partial charge in [-0.15, -0.1) is 0 Å². The largest absolute Gasteiger partial charge is 0.369 e. The van der Waals surface area contributed by atoms with Crippen molar-refractivity contribution in [3.63, 3.8) is 0 Å². The number of aromatic nitrogens is 2. The van der Waals surface area contributed by atoms with Gasteiger partial charge >= 0.3 is 6.03 Å². The molecule has 7 heteroatoms. The Balaban J connectivity index is 1.66. The second kappa shape index (κ2) is 6.74. The van der Waals surface area contributed by atoms with Crippen LogP contribution in [0.5, 0.6) is 0 Å². The van der Waals surface area contributed by atoms with Crippen LogP contribution >= 0.6 is 0 Å². The van der Waals surface area contributed by atoms with Crippen molar-refractivity contribution >= 4 is 17.6 Å². The summed E-state index contributed by atoms with van der Waals surface area (Å²) in [5.74, 6) is -0.614.